The molecule has 0 saturated carbocycles. The van der Waals surface area contributed by atoms with Gasteiger partial charge in [0.2, 0.25) is 0 Å². The van der Waals surface area contributed by atoms with Crippen molar-refractivity contribution in [1.82, 2.24) is 0 Å². The molecule has 5 rings (SSSR count). The minimum Gasteiger partial charge on any atom is -0.489 e. The molecular formula is C25H14F2O5. The molecule has 0 atom stereocenters. The van der Waals surface area contributed by atoms with Gasteiger partial charge >= 0.3 is 11.3 Å². The number of fused-ring (bicyclic) bond motifs is 2. The highest BCUT2D eigenvalue weighted by molar-refractivity contribution is 5.95. The molecule has 32 heavy (non-hydrogen) atoms. The van der Waals surface area contributed by atoms with Crippen molar-refractivity contribution in [3.05, 3.63) is 111 Å². The van der Waals surface area contributed by atoms with Crippen molar-refractivity contribution >= 4 is 21.9 Å². The van der Waals surface area contributed by atoms with E-state index in [9.17, 15) is 18.4 Å². The highest BCUT2D eigenvalue weighted by atomic mass is 19.1. The summed E-state index contributed by atoms with van der Waals surface area (Å²) in [6.07, 6.45) is 0. The SMILES string of the molecule is O=c1cc(-c2cc3ccccc3oc2=O)c2ccc(OCc3ccc(F)cc3F)cc2o1. The highest BCUT2D eigenvalue weighted by Gasteiger charge is 2.14. The predicted molar refractivity (Wildman–Crippen MR) is 115 cm³/mol. The van der Waals surface area contributed by atoms with Crippen LogP contribution in [0.1, 0.15) is 5.56 Å². The number of rotatable bonds is 4. The normalized spacial score (nSPS) is 11.2. The van der Waals surface area contributed by atoms with Crippen molar-refractivity contribution < 1.29 is 22.4 Å². The van der Waals surface area contributed by atoms with Crippen LogP contribution in [0.4, 0.5) is 8.78 Å². The third-order valence-electron chi connectivity index (χ3n) is 5.06. The zero-order chi connectivity index (χ0) is 22.2. The molecule has 0 bridgehead atoms. The molecule has 0 spiro atoms. The molecule has 0 amide bonds. The number of benzene rings is 3. The fourth-order valence-corrected chi connectivity index (χ4v) is 3.51. The first-order valence-corrected chi connectivity index (χ1v) is 9.66. The second-order valence-electron chi connectivity index (χ2n) is 7.15. The van der Waals surface area contributed by atoms with Gasteiger partial charge in [-0.2, -0.15) is 0 Å². The predicted octanol–water partition coefficient (Wildman–Crippen LogP) is 5.42. The lowest BCUT2D eigenvalue weighted by atomic mass is 10.0. The van der Waals surface area contributed by atoms with E-state index in [1.165, 1.54) is 18.2 Å². The molecule has 0 aliphatic carbocycles. The van der Waals surface area contributed by atoms with Crippen LogP contribution < -0.4 is 16.0 Å². The summed E-state index contributed by atoms with van der Waals surface area (Å²) >= 11 is 0. The Kier molecular flexibility index (Phi) is 4.78. The summed E-state index contributed by atoms with van der Waals surface area (Å²) in [5.41, 5.74) is 0.171. The molecule has 2 aromatic heterocycles. The zero-order valence-corrected chi connectivity index (χ0v) is 16.4. The Balaban J connectivity index is 1.55. The maximum absolute atomic E-state index is 13.8. The van der Waals surface area contributed by atoms with Crippen LogP contribution in [0.2, 0.25) is 0 Å². The summed E-state index contributed by atoms with van der Waals surface area (Å²) in [5.74, 6) is -1.08. The highest BCUT2D eigenvalue weighted by Crippen LogP contribution is 2.30. The van der Waals surface area contributed by atoms with E-state index in [0.717, 1.165) is 12.1 Å². The van der Waals surface area contributed by atoms with Gasteiger partial charge in [0.1, 0.15) is 35.2 Å². The Morgan fingerprint density at radius 2 is 1.62 bits per heavy atom. The van der Waals surface area contributed by atoms with Gasteiger partial charge in [0.05, 0.1) is 5.56 Å². The number of ether oxygens (including phenoxy) is 1. The van der Waals surface area contributed by atoms with E-state index in [2.05, 4.69) is 0 Å². The van der Waals surface area contributed by atoms with Crippen molar-refractivity contribution in [2.45, 2.75) is 6.61 Å². The second-order valence-corrected chi connectivity index (χ2v) is 7.15. The maximum atomic E-state index is 13.8. The standard InChI is InChI=1S/C25H14F2O5/c26-16-6-5-15(21(27)10-16)13-30-17-7-8-18-19(12-24(28)31-23(18)11-17)20-9-14-3-1-2-4-22(14)32-25(20)29/h1-12H,13H2. The molecule has 2 heterocycles. The van der Waals surface area contributed by atoms with Crippen molar-refractivity contribution in [3.8, 4) is 16.9 Å². The lowest BCUT2D eigenvalue weighted by Crippen LogP contribution is -2.06. The van der Waals surface area contributed by atoms with Gasteiger partial charge in [-0.15, -0.1) is 0 Å². The first kappa shape index (κ1) is 19.7. The molecule has 158 valence electrons. The maximum Gasteiger partial charge on any atom is 0.344 e. The van der Waals surface area contributed by atoms with Gasteiger partial charge in [-0.3, -0.25) is 0 Å². The summed E-state index contributed by atoms with van der Waals surface area (Å²) < 4.78 is 43.2. The number of hydrogen-bond donors (Lipinski definition) is 0. The number of halogens is 2. The van der Waals surface area contributed by atoms with Crippen LogP contribution in [-0.4, -0.2) is 0 Å². The second kappa shape index (κ2) is 7.77. The van der Waals surface area contributed by atoms with E-state index in [4.69, 9.17) is 13.6 Å². The van der Waals surface area contributed by atoms with Gasteiger partial charge in [0.25, 0.3) is 0 Å². The Morgan fingerprint density at radius 3 is 2.47 bits per heavy atom. The van der Waals surface area contributed by atoms with Crippen LogP contribution in [0.15, 0.2) is 91.2 Å². The van der Waals surface area contributed by atoms with Gasteiger partial charge in [-0.05, 0) is 36.4 Å². The van der Waals surface area contributed by atoms with E-state index in [1.807, 2.05) is 6.07 Å². The van der Waals surface area contributed by atoms with Crippen molar-refractivity contribution in [1.29, 1.82) is 0 Å². The van der Waals surface area contributed by atoms with Crippen LogP contribution in [0, 0.1) is 11.6 Å². The average Bonchev–Trinajstić information content (AvgIpc) is 2.77. The van der Waals surface area contributed by atoms with E-state index in [1.54, 1.807) is 36.4 Å². The lowest BCUT2D eigenvalue weighted by molar-refractivity contribution is 0.299. The third-order valence-corrected chi connectivity index (χ3v) is 5.06. The van der Waals surface area contributed by atoms with Gasteiger partial charge in [0, 0.05) is 40.1 Å². The Labute approximate surface area is 179 Å². The minimum absolute atomic E-state index is 0.143. The first-order chi connectivity index (χ1) is 15.5. The molecule has 0 fully saturated rings. The molecule has 3 aromatic carbocycles. The Bertz CT molecular complexity index is 1600. The topological polar surface area (TPSA) is 69.7 Å². The number of hydrogen-bond acceptors (Lipinski definition) is 5. The average molecular weight is 432 g/mol. The summed E-state index contributed by atoms with van der Waals surface area (Å²) in [5, 5.41) is 1.22. The number of para-hydroxylation sites is 1. The minimum atomic E-state index is -0.720. The van der Waals surface area contributed by atoms with Crippen molar-refractivity contribution in [3.63, 3.8) is 0 Å². The Morgan fingerprint density at radius 1 is 0.781 bits per heavy atom. The molecule has 0 aliphatic heterocycles. The van der Waals surface area contributed by atoms with E-state index >= 15 is 0 Å². The van der Waals surface area contributed by atoms with Crippen molar-refractivity contribution in [2.24, 2.45) is 0 Å². The molecular weight excluding hydrogens is 418 g/mol. The van der Waals surface area contributed by atoms with Crippen LogP contribution in [0.3, 0.4) is 0 Å². The summed E-state index contributed by atoms with van der Waals surface area (Å²) in [4.78, 5) is 24.8. The van der Waals surface area contributed by atoms with Crippen LogP contribution in [0.25, 0.3) is 33.1 Å². The molecule has 5 nitrogen and oxygen atoms in total. The summed E-state index contributed by atoms with van der Waals surface area (Å²) in [6, 6.07) is 17.9. The molecule has 0 N–H and O–H groups in total. The molecule has 0 unspecified atom stereocenters. The first-order valence-electron chi connectivity index (χ1n) is 9.66. The lowest BCUT2D eigenvalue weighted by Gasteiger charge is -2.10. The van der Waals surface area contributed by atoms with Gasteiger partial charge in [0.15, 0.2) is 0 Å². The third kappa shape index (κ3) is 3.65. The van der Waals surface area contributed by atoms with E-state index in [0.29, 0.717) is 27.7 Å². The largest absolute Gasteiger partial charge is 0.489 e. The molecule has 0 radical (unpaired) electrons. The van der Waals surface area contributed by atoms with Gasteiger partial charge in [-0.25, -0.2) is 18.4 Å². The zero-order valence-electron chi connectivity index (χ0n) is 16.4. The summed E-state index contributed by atoms with van der Waals surface area (Å²) in [6.45, 7) is -0.143. The van der Waals surface area contributed by atoms with E-state index in [-0.39, 0.29) is 23.3 Å². The molecule has 7 heteroatoms. The fraction of sp³-hybridized carbons (Fsp3) is 0.0400. The molecule has 5 aromatic rings. The van der Waals surface area contributed by atoms with Crippen LogP contribution in [0.5, 0.6) is 5.75 Å². The van der Waals surface area contributed by atoms with Crippen LogP contribution >= 0.6 is 0 Å². The Hall–Kier alpha value is -4.26. The summed E-state index contributed by atoms with van der Waals surface area (Å²) in [7, 11) is 0. The smallest absolute Gasteiger partial charge is 0.344 e. The van der Waals surface area contributed by atoms with Gasteiger partial charge in [-0.1, -0.05) is 18.2 Å². The van der Waals surface area contributed by atoms with Crippen LogP contribution in [-0.2, 0) is 6.61 Å². The van der Waals surface area contributed by atoms with Gasteiger partial charge < -0.3 is 13.6 Å². The molecule has 0 aliphatic rings. The quantitative estimate of drug-likeness (QED) is 0.355. The molecule has 0 saturated heterocycles. The monoisotopic (exact) mass is 432 g/mol. The van der Waals surface area contributed by atoms with Crippen molar-refractivity contribution in [2.75, 3.05) is 0 Å². The van der Waals surface area contributed by atoms with E-state index < -0.39 is 22.9 Å². The fourth-order valence-electron chi connectivity index (χ4n) is 3.51.